The van der Waals surface area contributed by atoms with Gasteiger partial charge in [0.15, 0.2) is 0 Å². The zero-order valence-electron chi connectivity index (χ0n) is 10.9. The second kappa shape index (κ2) is 5.70. The van der Waals surface area contributed by atoms with E-state index in [4.69, 9.17) is 18.9 Å². The van der Waals surface area contributed by atoms with Crippen LogP contribution in [0.4, 0.5) is 0 Å². The molecular weight excluding hydrogens is 363 g/mol. The van der Waals surface area contributed by atoms with Crippen molar-refractivity contribution >= 4 is 0 Å². The van der Waals surface area contributed by atoms with E-state index in [1.807, 2.05) is 0 Å². The van der Waals surface area contributed by atoms with E-state index in [1.165, 1.54) is 0 Å². The SMILES string of the molecule is C1OC1CN(CC1CO1)[I-]N(CC1CO1)CC1CO1. The van der Waals surface area contributed by atoms with Gasteiger partial charge in [0.25, 0.3) is 0 Å². The van der Waals surface area contributed by atoms with Crippen LogP contribution in [0.5, 0.6) is 0 Å². The van der Waals surface area contributed by atoms with Gasteiger partial charge in [-0.25, -0.2) is 0 Å². The standard InChI is InChI=1S/C12H20IN2O4/c1(9-5-16-9)14(2-10-6-17-10)13-15(3-11-7-18-11)4-12-8-19-12/h9-12H,1-8H2/q-1. The summed E-state index contributed by atoms with van der Waals surface area (Å²) in [4.78, 5) is 0. The van der Waals surface area contributed by atoms with Crippen LogP contribution in [0, 0.1) is 0 Å². The van der Waals surface area contributed by atoms with Crippen molar-refractivity contribution in [2.75, 3.05) is 52.6 Å². The molecule has 0 amide bonds. The maximum atomic E-state index is 5.38. The van der Waals surface area contributed by atoms with Crippen molar-refractivity contribution in [3.05, 3.63) is 0 Å². The first kappa shape index (κ1) is 13.2. The quantitative estimate of drug-likeness (QED) is 0.219. The van der Waals surface area contributed by atoms with Crippen molar-refractivity contribution in [3.63, 3.8) is 0 Å². The van der Waals surface area contributed by atoms with Gasteiger partial charge in [-0.2, -0.15) is 0 Å². The fourth-order valence-electron chi connectivity index (χ4n) is 2.00. The molecule has 0 radical (unpaired) electrons. The summed E-state index contributed by atoms with van der Waals surface area (Å²) in [5, 5.41) is 0. The molecular formula is C12H20IN2O4-. The number of epoxide rings is 4. The van der Waals surface area contributed by atoms with E-state index in [0.29, 0.717) is 24.4 Å². The van der Waals surface area contributed by atoms with Gasteiger partial charge in [0.1, 0.15) is 0 Å². The normalized spacial score (nSPS) is 39.1. The average Bonchev–Trinajstić information content (AvgIpc) is 3.17. The van der Waals surface area contributed by atoms with E-state index in [-0.39, 0.29) is 21.8 Å². The molecule has 0 aromatic carbocycles. The van der Waals surface area contributed by atoms with E-state index in [0.717, 1.165) is 52.6 Å². The molecule has 4 fully saturated rings. The third kappa shape index (κ3) is 4.76. The summed E-state index contributed by atoms with van der Waals surface area (Å²) in [5.74, 6) is 0. The van der Waals surface area contributed by atoms with E-state index < -0.39 is 0 Å². The molecule has 4 aliphatic rings. The topological polar surface area (TPSA) is 56.6 Å². The Morgan fingerprint density at radius 2 is 0.895 bits per heavy atom. The predicted octanol–water partition coefficient (Wildman–Crippen LogP) is -3.90. The minimum absolute atomic E-state index is 0.135. The second-order valence-electron chi connectivity index (χ2n) is 5.55. The Morgan fingerprint density at radius 1 is 0.632 bits per heavy atom. The van der Waals surface area contributed by atoms with Crippen molar-refractivity contribution in [2.24, 2.45) is 0 Å². The van der Waals surface area contributed by atoms with Crippen LogP contribution in [0.2, 0.25) is 0 Å². The Hall–Kier alpha value is 0.490. The third-order valence-electron chi connectivity index (χ3n) is 3.43. The molecule has 4 heterocycles. The number of hydrogen-bond donors (Lipinski definition) is 0. The van der Waals surface area contributed by atoms with E-state index in [1.54, 1.807) is 0 Å². The first-order chi connectivity index (χ1) is 9.35. The van der Waals surface area contributed by atoms with E-state index >= 15 is 0 Å². The second-order valence-corrected chi connectivity index (χ2v) is 8.71. The summed E-state index contributed by atoms with van der Waals surface area (Å²) in [7, 11) is 0. The van der Waals surface area contributed by atoms with Gasteiger partial charge in [0, 0.05) is 0 Å². The molecule has 0 aliphatic carbocycles. The Balaban J connectivity index is 1.29. The van der Waals surface area contributed by atoms with Gasteiger partial charge < -0.3 is 0 Å². The van der Waals surface area contributed by atoms with Gasteiger partial charge >= 0.3 is 124 Å². The van der Waals surface area contributed by atoms with Crippen LogP contribution in [0.25, 0.3) is 0 Å². The molecule has 19 heavy (non-hydrogen) atoms. The molecule has 4 saturated heterocycles. The van der Waals surface area contributed by atoms with E-state index in [2.05, 4.69) is 6.23 Å². The molecule has 4 unspecified atom stereocenters. The molecule has 110 valence electrons. The van der Waals surface area contributed by atoms with Gasteiger partial charge in [-0.05, 0) is 0 Å². The molecule has 4 rings (SSSR count). The first-order valence-corrected chi connectivity index (χ1v) is 8.90. The van der Waals surface area contributed by atoms with Crippen molar-refractivity contribution < 1.29 is 40.7 Å². The van der Waals surface area contributed by atoms with E-state index in [9.17, 15) is 0 Å². The van der Waals surface area contributed by atoms with Crippen molar-refractivity contribution in [1.29, 1.82) is 0 Å². The molecule has 4 aliphatic heterocycles. The van der Waals surface area contributed by atoms with Crippen LogP contribution in [-0.4, -0.2) is 83.2 Å². The zero-order valence-corrected chi connectivity index (χ0v) is 13.0. The molecule has 0 aromatic heterocycles. The van der Waals surface area contributed by atoms with Gasteiger partial charge in [-0.1, -0.05) is 0 Å². The van der Waals surface area contributed by atoms with Crippen LogP contribution in [0.15, 0.2) is 0 Å². The van der Waals surface area contributed by atoms with Crippen LogP contribution in [-0.2, 0) is 18.9 Å². The Kier molecular flexibility index (Phi) is 3.95. The number of hydrogen-bond acceptors (Lipinski definition) is 6. The Bertz CT molecular complexity index is 261. The number of ether oxygens (including phenoxy) is 4. The number of rotatable bonds is 10. The third-order valence-corrected chi connectivity index (χ3v) is 6.23. The van der Waals surface area contributed by atoms with Crippen LogP contribution >= 0.6 is 0 Å². The monoisotopic (exact) mass is 383 g/mol. The molecule has 6 nitrogen and oxygen atoms in total. The summed E-state index contributed by atoms with van der Waals surface area (Å²) < 4.78 is 26.6. The number of nitrogens with zero attached hydrogens (tertiary/aromatic N) is 2. The summed E-state index contributed by atoms with van der Waals surface area (Å²) in [6.45, 7) is 8.02. The fraction of sp³-hybridized carbons (Fsp3) is 1.00. The summed E-state index contributed by atoms with van der Waals surface area (Å²) in [6.07, 6.45) is 1.87. The minimum atomic E-state index is -0.135. The van der Waals surface area contributed by atoms with Crippen LogP contribution in [0.3, 0.4) is 0 Å². The fourth-order valence-corrected chi connectivity index (χ4v) is 5.33. The summed E-state index contributed by atoms with van der Waals surface area (Å²) in [5.41, 5.74) is 0. The molecule has 0 saturated carbocycles. The van der Waals surface area contributed by atoms with Gasteiger partial charge in [-0.3, -0.25) is 0 Å². The zero-order chi connectivity index (χ0) is 12.7. The van der Waals surface area contributed by atoms with Crippen LogP contribution < -0.4 is 21.8 Å². The van der Waals surface area contributed by atoms with Crippen molar-refractivity contribution in [1.82, 2.24) is 6.23 Å². The summed E-state index contributed by atoms with van der Waals surface area (Å²) in [6, 6.07) is 0. The van der Waals surface area contributed by atoms with Crippen LogP contribution in [0.1, 0.15) is 0 Å². The maximum absolute atomic E-state index is 5.38. The van der Waals surface area contributed by atoms with Gasteiger partial charge in [0.2, 0.25) is 0 Å². The molecule has 7 heteroatoms. The molecule has 0 spiro atoms. The number of halogens is 1. The van der Waals surface area contributed by atoms with Gasteiger partial charge in [-0.15, -0.1) is 0 Å². The molecule has 4 atom stereocenters. The van der Waals surface area contributed by atoms with Crippen molar-refractivity contribution in [2.45, 2.75) is 24.4 Å². The van der Waals surface area contributed by atoms with Crippen molar-refractivity contribution in [3.8, 4) is 0 Å². The molecule has 0 aromatic rings. The Labute approximate surface area is 124 Å². The van der Waals surface area contributed by atoms with Gasteiger partial charge in [0.05, 0.1) is 0 Å². The summed E-state index contributed by atoms with van der Waals surface area (Å²) >= 11 is -0.135. The first-order valence-electron chi connectivity index (χ1n) is 6.97. The molecule has 0 bridgehead atoms. The molecule has 0 N–H and O–H groups in total. The average molecular weight is 383 g/mol. The predicted molar refractivity (Wildman–Crippen MR) is 62.1 cm³/mol. The Morgan fingerprint density at radius 3 is 1.11 bits per heavy atom.